The van der Waals surface area contributed by atoms with Gasteiger partial charge in [0.1, 0.15) is 0 Å². The second-order valence-electron chi connectivity index (χ2n) is 4.51. The molecule has 0 saturated carbocycles. The van der Waals surface area contributed by atoms with E-state index in [4.69, 9.17) is 5.26 Å². The zero-order chi connectivity index (χ0) is 15.0. The van der Waals surface area contributed by atoms with Crippen LogP contribution in [0.4, 0.5) is 0 Å². The van der Waals surface area contributed by atoms with Crippen molar-refractivity contribution in [1.29, 1.82) is 5.26 Å². The van der Waals surface area contributed by atoms with Gasteiger partial charge >= 0.3 is 0 Å². The molecule has 0 N–H and O–H groups in total. The molecule has 1 aromatic carbocycles. The Labute approximate surface area is 133 Å². The number of halogens is 1. The number of hydrogen-bond acceptors (Lipinski definition) is 3. The molecule has 1 aromatic rings. The lowest BCUT2D eigenvalue weighted by atomic mass is 10.2. The second-order valence-corrected chi connectivity index (χ2v) is 6.60. The fraction of sp³-hybridized carbons (Fsp3) is 0.467. The zero-order valence-electron chi connectivity index (χ0n) is 11.8. The lowest BCUT2D eigenvalue weighted by molar-refractivity contribution is -0.130. The first kappa shape index (κ1) is 17.1. The van der Waals surface area contributed by atoms with E-state index in [0.717, 1.165) is 15.1 Å². The Hall–Kier alpha value is -0.990. The van der Waals surface area contributed by atoms with Gasteiger partial charge in [-0.15, -0.1) is 11.8 Å². The summed E-state index contributed by atoms with van der Waals surface area (Å²) in [5.74, 6) is 0.773. The molecule has 3 nitrogen and oxygen atoms in total. The first-order valence-corrected chi connectivity index (χ1v) is 8.40. The number of nitrogens with zero attached hydrogens (tertiary/aromatic N) is 2. The fourth-order valence-electron chi connectivity index (χ4n) is 1.72. The van der Waals surface area contributed by atoms with Crippen LogP contribution in [0.3, 0.4) is 0 Å². The van der Waals surface area contributed by atoms with Crippen molar-refractivity contribution in [1.82, 2.24) is 4.90 Å². The molecule has 0 saturated heterocycles. The molecular weight excluding hydrogens is 336 g/mol. The Morgan fingerprint density at radius 2 is 2.10 bits per heavy atom. The predicted octanol–water partition coefficient (Wildman–Crippen LogP) is 3.94. The Kier molecular flexibility index (Phi) is 7.71. The van der Waals surface area contributed by atoms with Gasteiger partial charge in [-0.3, -0.25) is 4.79 Å². The number of amides is 1. The van der Waals surface area contributed by atoms with Gasteiger partial charge in [0.25, 0.3) is 0 Å². The average Bonchev–Trinajstić information content (AvgIpc) is 2.46. The maximum Gasteiger partial charge on any atom is 0.223 e. The Balaban J connectivity index is 2.38. The van der Waals surface area contributed by atoms with Crippen molar-refractivity contribution in [2.24, 2.45) is 5.92 Å². The van der Waals surface area contributed by atoms with Crippen molar-refractivity contribution in [3.8, 4) is 6.07 Å². The molecule has 0 radical (unpaired) electrons. The van der Waals surface area contributed by atoms with Gasteiger partial charge in [-0.2, -0.15) is 5.26 Å². The van der Waals surface area contributed by atoms with Crippen molar-refractivity contribution < 1.29 is 4.79 Å². The lowest BCUT2D eigenvalue weighted by Crippen LogP contribution is -2.34. The molecule has 0 aliphatic heterocycles. The van der Waals surface area contributed by atoms with Crippen LogP contribution in [-0.2, 0) is 4.79 Å². The SMILES string of the molecule is CCN(C[C@@H](C)C#N)C(=O)CCSc1ccc(Br)cc1. The number of carbonyl (C=O) groups is 1. The van der Waals surface area contributed by atoms with Gasteiger partial charge in [-0.25, -0.2) is 0 Å². The summed E-state index contributed by atoms with van der Waals surface area (Å²) in [6, 6.07) is 10.2. The number of hydrogen-bond donors (Lipinski definition) is 0. The summed E-state index contributed by atoms with van der Waals surface area (Å²) in [6.45, 7) is 4.97. The summed E-state index contributed by atoms with van der Waals surface area (Å²) in [5, 5.41) is 8.81. The van der Waals surface area contributed by atoms with Crippen LogP contribution in [0.5, 0.6) is 0 Å². The number of benzene rings is 1. The van der Waals surface area contributed by atoms with Crippen molar-refractivity contribution in [3.05, 3.63) is 28.7 Å². The summed E-state index contributed by atoms with van der Waals surface area (Å²) in [6.07, 6.45) is 0.507. The van der Waals surface area contributed by atoms with E-state index in [1.165, 1.54) is 0 Å². The molecule has 0 aliphatic carbocycles. The largest absolute Gasteiger partial charge is 0.342 e. The number of nitriles is 1. The van der Waals surface area contributed by atoms with Crippen LogP contribution in [0.1, 0.15) is 20.3 Å². The van der Waals surface area contributed by atoms with Crippen LogP contribution in [0.15, 0.2) is 33.6 Å². The first-order chi connectivity index (χ1) is 9.56. The lowest BCUT2D eigenvalue weighted by Gasteiger charge is -2.21. The van der Waals surface area contributed by atoms with Crippen molar-refractivity contribution >= 4 is 33.6 Å². The standard InChI is InChI=1S/C15H19BrN2OS/c1-3-18(11-12(2)10-17)15(19)8-9-20-14-6-4-13(16)5-7-14/h4-7,12H,3,8-9,11H2,1-2H3/t12-/m0/s1. The molecule has 0 aromatic heterocycles. The molecule has 1 atom stereocenters. The van der Waals surface area contributed by atoms with Gasteiger partial charge in [0, 0.05) is 34.6 Å². The molecule has 0 unspecified atom stereocenters. The molecule has 0 fully saturated rings. The van der Waals surface area contributed by atoms with E-state index in [2.05, 4.69) is 22.0 Å². The minimum absolute atomic E-state index is 0.113. The van der Waals surface area contributed by atoms with E-state index in [1.54, 1.807) is 16.7 Å². The molecule has 1 amide bonds. The predicted molar refractivity (Wildman–Crippen MR) is 86.5 cm³/mol. The minimum Gasteiger partial charge on any atom is -0.342 e. The maximum atomic E-state index is 12.1. The van der Waals surface area contributed by atoms with E-state index < -0.39 is 0 Å². The number of thioether (sulfide) groups is 1. The Bertz CT molecular complexity index is 470. The quantitative estimate of drug-likeness (QED) is 0.696. The van der Waals surface area contributed by atoms with E-state index in [0.29, 0.717) is 19.5 Å². The summed E-state index contributed by atoms with van der Waals surface area (Å²) in [7, 11) is 0. The highest BCUT2D eigenvalue weighted by molar-refractivity contribution is 9.10. The summed E-state index contributed by atoms with van der Waals surface area (Å²) >= 11 is 5.08. The van der Waals surface area contributed by atoms with Gasteiger partial charge in [-0.1, -0.05) is 15.9 Å². The molecule has 0 aliphatic rings. The molecule has 0 heterocycles. The monoisotopic (exact) mass is 354 g/mol. The molecule has 20 heavy (non-hydrogen) atoms. The zero-order valence-corrected chi connectivity index (χ0v) is 14.2. The number of carbonyl (C=O) groups excluding carboxylic acids is 1. The van der Waals surface area contributed by atoms with Crippen molar-refractivity contribution in [3.63, 3.8) is 0 Å². The van der Waals surface area contributed by atoms with Crippen molar-refractivity contribution in [2.45, 2.75) is 25.2 Å². The third-order valence-corrected chi connectivity index (χ3v) is 4.39. The van der Waals surface area contributed by atoms with E-state index in [1.807, 2.05) is 38.1 Å². The second kappa shape index (κ2) is 9.04. The topological polar surface area (TPSA) is 44.1 Å². The molecule has 108 valence electrons. The van der Waals surface area contributed by atoms with Crippen LogP contribution < -0.4 is 0 Å². The van der Waals surface area contributed by atoms with Gasteiger partial charge in [0.15, 0.2) is 0 Å². The van der Waals surface area contributed by atoms with E-state index >= 15 is 0 Å². The van der Waals surface area contributed by atoms with Crippen LogP contribution in [0.25, 0.3) is 0 Å². The third kappa shape index (κ3) is 5.98. The van der Waals surface area contributed by atoms with Gasteiger partial charge in [0.2, 0.25) is 5.91 Å². The highest BCUT2D eigenvalue weighted by Crippen LogP contribution is 2.21. The normalized spacial score (nSPS) is 11.7. The van der Waals surface area contributed by atoms with Gasteiger partial charge in [0.05, 0.1) is 12.0 Å². The number of rotatable bonds is 7. The van der Waals surface area contributed by atoms with Crippen LogP contribution in [-0.4, -0.2) is 29.6 Å². The van der Waals surface area contributed by atoms with Crippen molar-refractivity contribution in [2.75, 3.05) is 18.8 Å². The van der Waals surface area contributed by atoms with Crippen LogP contribution in [0, 0.1) is 17.2 Å². The molecule has 5 heteroatoms. The molecule has 0 bridgehead atoms. The van der Waals surface area contributed by atoms with E-state index in [-0.39, 0.29) is 11.8 Å². The minimum atomic E-state index is -0.113. The van der Waals surface area contributed by atoms with Crippen LogP contribution >= 0.6 is 27.7 Å². The maximum absolute atomic E-state index is 12.1. The van der Waals surface area contributed by atoms with Gasteiger partial charge in [-0.05, 0) is 38.1 Å². The molecule has 0 spiro atoms. The summed E-state index contributed by atoms with van der Waals surface area (Å²) < 4.78 is 1.06. The first-order valence-electron chi connectivity index (χ1n) is 6.62. The highest BCUT2D eigenvalue weighted by Gasteiger charge is 2.14. The third-order valence-electron chi connectivity index (χ3n) is 2.85. The smallest absolute Gasteiger partial charge is 0.223 e. The van der Waals surface area contributed by atoms with Crippen LogP contribution in [0.2, 0.25) is 0 Å². The summed E-state index contributed by atoms with van der Waals surface area (Å²) in [4.78, 5) is 15.0. The Morgan fingerprint density at radius 1 is 1.45 bits per heavy atom. The summed E-state index contributed by atoms with van der Waals surface area (Å²) in [5.41, 5.74) is 0. The van der Waals surface area contributed by atoms with Gasteiger partial charge < -0.3 is 4.90 Å². The fourth-order valence-corrected chi connectivity index (χ4v) is 2.83. The Morgan fingerprint density at radius 3 is 2.65 bits per heavy atom. The molecule has 1 rings (SSSR count). The average molecular weight is 355 g/mol. The molecular formula is C15H19BrN2OS. The highest BCUT2D eigenvalue weighted by atomic mass is 79.9. The van der Waals surface area contributed by atoms with E-state index in [9.17, 15) is 4.79 Å².